The Hall–Kier alpha value is -1.97. The zero-order valence-electron chi connectivity index (χ0n) is 15.9. The number of fused-ring (bicyclic) bond motifs is 1. The first kappa shape index (κ1) is 19.0. The van der Waals surface area contributed by atoms with Gasteiger partial charge in [-0.3, -0.25) is 13.8 Å². The van der Waals surface area contributed by atoms with Gasteiger partial charge in [0, 0.05) is 6.92 Å². The lowest BCUT2D eigenvalue weighted by Crippen LogP contribution is -2.51. The van der Waals surface area contributed by atoms with Gasteiger partial charge >= 0.3 is 11.9 Å². The molecule has 156 valence electrons. The Kier molecular flexibility index (Phi) is 4.27. The molecule has 1 aromatic carbocycles. The maximum Gasteiger partial charge on any atom is 0.314 e. The Morgan fingerprint density at radius 1 is 1.07 bits per heavy atom. The van der Waals surface area contributed by atoms with E-state index in [9.17, 15) is 18.0 Å². The van der Waals surface area contributed by atoms with Crippen LogP contribution in [-0.2, 0) is 43.7 Å². The molecular formula is C20H22O8S. The molecule has 8 nitrogen and oxygen atoms in total. The largest absolute Gasteiger partial charge is 0.457 e. The first-order chi connectivity index (χ1) is 13.8. The van der Waals surface area contributed by atoms with E-state index >= 15 is 0 Å². The smallest absolute Gasteiger partial charge is 0.314 e. The number of carbonyl (C=O) groups is 2. The van der Waals surface area contributed by atoms with Gasteiger partial charge in [-0.25, -0.2) is 0 Å². The van der Waals surface area contributed by atoms with Crippen LogP contribution in [0.15, 0.2) is 30.3 Å². The summed E-state index contributed by atoms with van der Waals surface area (Å²) in [7, 11) is -4.03. The molecule has 1 aliphatic carbocycles. The lowest BCUT2D eigenvalue weighted by atomic mass is 9.84. The minimum atomic E-state index is -4.03. The van der Waals surface area contributed by atoms with Crippen LogP contribution in [0.1, 0.15) is 38.2 Å². The lowest BCUT2D eigenvalue weighted by Gasteiger charge is -2.33. The van der Waals surface area contributed by atoms with Gasteiger partial charge in [0.2, 0.25) is 0 Å². The van der Waals surface area contributed by atoms with E-state index < -0.39 is 63.2 Å². The first-order valence-electron chi connectivity index (χ1n) is 9.86. The number of rotatable bonds is 4. The SMILES string of the molecule is CC(=O)OC1C2OS(=O)(=O)C3C2OC1C3C(=O)OC1(c2ccccc2)CCCC1. The van der Waals surface area contributed by atoms with Crippen LogP contribution in [0.2, 0.25) is 0 Å². The third-order valence-corrected chi connectivity index (χ3v) is 8.20. The molecule has 0 aromatic heterocycles. The summed E-state index contributed by atoms with van der Waals surface area (Å²) in [4.78, 5) is 24.8. The first-order valence-corrected chi connectivity index (χ1v) is 11.3. The number of hydrogen-bond donors (Lipinski definition) is 0. The zero-order chi connectivity index (χ0) is 20.4. The molecule has 0 spiro atoms. The van der Waals surface area contributed by atoms with Gasteiger partial charge in [-0.05, 0) is 31.2 Å². The van der Waals surface area contributed by atoms with Crippen molar-refractivity contribution in [1.82, 2.24) is 0 Å². The van der Waals surface area contributed by atoms with E-state index in [1.165, 1.54) is 6.92 Å². The van der Waals surface area contributed by atoms with Gasteiger partial charge < -0.3 is 14.2 Å². The Morgan fingerprint density at radius 3 is 2.41 bits per heavy atom. The molecule has 1 saturated carbocycles. The Bertz CT molecular complexity index is 936. The van der Waals surface area contributed by atoms with Crippen molar-refractivity contribution in [1.29, 1.82) is 0 Å². The van der Waals surface area contributed by atoms with Gasteiger partial charge in [0.05, 0.1) is 0 Å². The lowest BCUT2D eigenvalue weighted by molar-refractivity contribution is -0.172. The molecule has 3 aliphatic heterocycles. The van der Waals surface area contributed by atoms with E-state index in [1.807, 2.05) is 30.3 Å². The fraction of sp³-hybridized carbons (Fsp3) is 0.600. The zero-order valence-corrected chi connectivity index (χ0v) is 16.7. The third-order valence-electron chi connectivity index (χ3n) is 6.48. The summed E-state index contributed by atoms with van der Waals surface area (Å²) in [6.07, 6.45) is -0.391. The van der Waals surface area contributed by atoms with E-state index in [1.54, 1.807) is 0 Å². The highest BCUT2D eigenvalue weighted by molar-refractivity contribution is 7.87. The fourth-order valence-electron chi connectivity index (χ4n) is 5.32. The summed E-state index contributed by atoms with van der Waals surface area (Å²) in [5.41, 5.74) is 0.120. The molecule has 0 radical (unpaired) electrons. The van der Waals surface area contributed by atoms with Crippen LogP contribution in [0.4, 0.5) is 0 Å². The van der Waals surface area contributed by atoms with E-state index in [2.05, 4.69) is 0 Å². The molecule has 6 atom stereocenters. The number of ether oxygens (including phenoxy) is 3. The second-order valence-electron chi connectivity index (χ2n) is 8.17. The van der Waals surface area contributed by atoms with Crippen molar-refractivity contribution in [2.24, 2.45) is 5.92 Å². The maximum absolute atomic E-state index is 13.3. The van der Waals surface area contributed by atoms with Gasteiger partial charge in [0.1, 0.15) is 35.1 Å². The second-order valence-corrected chi connectivity index (χ2v) is 9.89. The minimum Gasteiger partial charge on any atom is -0.457 e. The summed E-state index contributed by atoms with van der Waals surface area (Å²) in [6, 6.07) is 9.51. The molecular weight excluding hydrogens is 400 g/mol. The van der Waals surface area contributed by atoms with E-state index in [0.717, 1.165) is 18.4 Å². The highest BCUT2D eigenvalue weighted by Gasteiger charge is 2.74. The summed E-state index contributed by atoms with van der Waals surface area (Å²) < 4.78 is 47.4. The van der Waals surface area contributed by atoms with Gasteiger partial charge in [-0.15, -0.1) is 0 Å². The quantitative estimate of drug-likeness (QED) is 0.530. The third kappa shape index (κ3) is 2.82. The van der Waals surface area contributed by atoms with Crippen molar-refractivity contribution in [3.8, 4) is 0 Å². The summed E-state index contributed by atoms with van der Waals surface area (Å²) in [5, 5.41) is -1.13. The van der Waals surface area contributed by atoms with Gasteiger partial charge in [0.15, 0.2) is 6.10 Å². The van der Waals surface area contributed by atoms with Gasteiger partial charge in [-0.2, -0.15) is 8.42 Å². The molecule has 29 heavy (non-hydrogen) atoms. The van der Waals surface area contributed by atoms with Gasteiger partial charge in [-0.1, -0.05) is 30.3 Å². The van der Waals surface area contributed by atoms with Crippen molar-refractivity contribution >= 4 is 22.1 Å². The van der Waals surface area contributed by atoms with Gasteiger partial charge in [0.25, 0.3) is 10.1 Å². The number of benzene rings is 1. The van der Waals surface area contributed by atoms with Crippen LogP contribution in [-0.4, -0.2) is 50.0 Å². The summed E-state index contributed by atoms with van der Waals surface area (Å²) in [5.74, 6) is -2.31. The Labute approximate surface area is 168 Å². The van der Waals surface area contributed by atoms with E-state index in [-0.39, 0.29) is 0 Å². The highest BCUT2D eigenvalue weighted by atomic mass is 32.2. The molecule has 2 bridgehead atoms. The van der Waals surface area contributed by atoms with Crippen molar-refractivity contribution in [3.63, 3.8) is 0 Å². The molecule has 1 aromatic rings. The van der Waals surface area contributed by atoms with Crippen LogP contribution >= 0.6 is 0 Å². The molecule has 0 amide bonds. The van der Waals surface area contributed by atoms with Crippen LogP contribution in [0.5, 0.6) is 0 Å². The Balaban J connectivity index is 1.47. The number of hydrogen-bond acceptors (Lipinski definition) is 8. The second kappa shape index (κ2) is 6.52. The number of carbonyl (C=O) groups excluding carboxylic acids is 2. The van der Waals surface area contributed by atoms with Crippen LogP contribution in [0.25, 0.3) is 0 Å². The van der Waals surface area contributed by atoms with Crippen molar-refractivity contribution in [2.45, 2.75) is 67.9 Å². The molecule has 3 saturated heterocycles. The number of esters is 2. The fourth-order valence-corrected chi connectivity index (χ4v) is 7.15. The van der Waals surface area contributed by atoms with Crippen molar-refractivity contribution in [3.05, 3.63) is 35.9 Å². The standard InChI is InChI=1S/C20H22O8S/c1-11(21)25-15-14-13(18-17(26-14)16(15)28-29(18,23)24)19(22)27-20(9-5-6-10-20)12-7-3-2-4-8-12/h2-4,7-8,13-18H,5-6,9-10H2,1H3. The van der Waals surface area contributed by atoms with E-state index in [0.29, 0.717) is 12.8 Å². The molecule has 6 unspecified atom stereocenters. The molecule has 0 N–H and O–H groups in total. The molecule has 9 heteroatoms. The molecule has 4 fully saturated rings. The highest BCUT2D eigenvalue weighted by Crippen LogP contribution is 2.52. The average Bonchev–Trinajstić information content (AvgIpc) is 3.40. The Morgan fingerprint density at radius 2 is 1.76 bits per heavy atom. The van der Waals surface area contributed by atoms with E-state index in [4.69, 9.17) is 18.4 Å². The molecule has 3 heterocycles. The molecule has 4 aliphatic rings. The predicted octanol–water partition coefficient (Wildman–Crippen LogP) is 1.43. The monoisotopic (exact) mass is 422 g/mol. The van der Waals surface area contributed by atoms with Crippen molar-refractivity contribution in [2.75, 3.05) is 0 Å². The van der Waals surface area contributed by atoms with Crippen LogP contribution in [0.3, 0.4) is 0 Å². The van der Waals surface area contributed by atoms with Crippen molar-refractivity contribution < 1.29 is 36.4 Å². The molecule has 5 rings (SSSR count). The normalized spacial score (nSPS) is 38.1. The maximum atomic E-state index is 13.3. The topological polar surface area (TPSA) is 105 Å². The predicted molar refractivity (Wildman–Crippen MR) is 98.0 cm³/mol. The van der Waals surface area contributed by atoms with Crippen LogP contribution < -0.4 is 0 Å². The van der Waals surface area contributed by atoms with Crippen LogP contribution in [0, 0.1) is 5.92 Å². The summed E-state index contributed by atoms with van der Waals surface area (Å²) in [6.45, 7) is 1.23. The summed E-state index contributed by atoms with van der Waals surface area (Å²) >= 11 is 0. The minimum absolute atomic E-state index is 0.584. The average molecular weight is 422 g/mol.